The Hall–Kier alpha value is -4.63. The molecule has 0 saturated heterocycles. The molecule has 1 aliphatic carbocycles. The number of anilines is 1. The number of carbonyl (C=O) groups excluding carboxylic acids is 1. The van der Waals surface area contributed by atoms with Gasteiger partial charge in [-0.15, -0.1) is 0 Å². The number of aromatic nitrogens is 5. The first-order valence-corrected chi connectivity index (χ1v) is 17.7. The molecule has 3 aromatic heterocycles. The molecule has 3 heterocycles. The van der Waals surface area contributed by atoms with Crippen molar-refractivity contribution in [3.63, 3.8) is 0 Å². The number of amides is 1. The Balaban J connectivity index is 1.25. The van der Waals surface area contributed by atoms with Crippen LogP contribution in [0.4, 0.5) is 5.82 Å². The molecule has 1 saturated carbocycles. The van der Waals surface area contributed by atoms with Crippen LogP contribution in [-0.2, 0) is 34.6 Å². The van der Waals surface area contributed by atoms with Crippen molar-refractivity contribution in [1.82, 2.24) is 30.0 Å². The minimum Gasteiger partial charge on any atom is -0.369 e. The maximum atomic E-state index is 13.8. The van der Waals surface area contributed by atoms with E-state index in [-0.39, 0.29) is 23.5 Å². The first kappa shape index (κ1) is 32.8. The second-order valence-corrected chi connectivity index (χ2v) is 14.4. The number of rotatable bonds is 13. The summed E-state index contributed by atoms with van der Waals surface area (Å²) in [7, 11) is -1.18. The number of benzene rings is 1. The summed E-state index contributed by atoms with van der Waals surface area (Å²) in [5.41, 5.74) is 4.08. The Kier molecular flexibility index (Phi) is 10.8. The van der Waals surface area contributed by atoms with Crippen molar-refractivity contribution < 1.29 is 13.2 Å². The van der Waals surface area contributed by atoms with E-state index in [1.807, 2.05) is 61.9 Å². The quantitative estimate of drug-likeness (QED) is 0.202. The second-order valence-electron chi connectivity index (χ2n) is 12.1. The summed E-state index contributed by atoms with van der Waals surface area (Å²) < 4.78 is 24.7. The van der Waals surface area contributed by atoms with Crippen LogP contribution in [0.2, 0.25) is 0 Å². The standard InChI is InChI=1S/C34H40N8O3S/c1-42-23-29(22-40-42)27-13-14-30(37-20-27)32(34(43)39-19-25-7-4-3-5-8-25)26-11-9-24(10-12-26)17-31-38-21-28(18-35)33(41-31)36-15-6-16-46(2,44)45/h3-5,7-8,13-14,20-24,26,32H,6,9-12,15-17,19H2,1-2H3,(H,39,43)(H,36,38,41)/t24-,26-,32?. The van der Waals surface area contributed by atoms with Crippen LogP contribution in [0, 0.1) is 23.2 Å². The van der Waals surface area contributed by atoms with E-state index in [2.05, 4.69) is 31.8 Å². The largest absolute Gasteiger partial charge is 0.369 e. The molecule has 1 amide bonds. The molecule has 0 aliphatic heterocycles. The fraction of sp³-hybridized carbons (Fsp3) is 0.412. The Morgan fingerprint density at radius 2 is 1.83 bits per heavy atom. The maximum Gasteiger partial charge on any atom is 0.229 e. The van der Waals surface area contributed by atoms with Crippen molar-refractivity contribution in [1.29, 1.82) is 5.26 Å². The number of nitrogens with one attached hydrogen (secondary N) is 2. The van der Waals surface area contributed by atoms with Gasteiger partial charge in [0.25, 0.3) is 0 Å². The summed E-state index contributed by atoms with van der Waals surface area (Å²) in [6, 6.07) is 16.0. The highest BCUT2D eigenvalue weighted by Gasteiger charge is 2.34. The average Bonchev–Trinajstić information content (AvgIpc) is 3.49. The Labute approximate surface area is 270 Å². The average molecular weight is 641 g/mol. The SMILES string of the molecule is Cn1cc(-c2ccc(C(C(=O)NCc3ccccc3)[C@H]3CC[C@H](Cc4ncc(C#N)c(NCCCS(C)(=O)=O)n4)CC3)nc2)cn1. The fourth-order valence-electron chi connectivity index (χ4n) is 6.07. The van der Waals surface area contributed by atoms with Gasteiger partial charge in [0.05, 0.1) is 29.8 Å². The van der Waals surface area contributed by atoms with Gasteiger partial charge in [-0.3, -0.25) is 14.5 Å². The summed E-state index contributed by atoms with van der Waals surface area (Å²) in [6.07, 6.45) is 13.0. The smallest absolute Gasteiger partial charge is 0.229 e. The monoisotopic (exact) mass is 640 g/mol. The van der Waals surface area contributed by atoms with E-state index in [4.69, 9.17) is 4.98 Å². The van der Waals surface area contributed by atoms with Crippen molar-refractivity contribution >= 4 is 21.6 Å². The van der Waals surface area contributed by atoms with Gasteiger partial charge in [0.1, 0.15) is 33.1 Å². The van der Waals surface area contributed by atoms with E-state index >= 15 is 0 Å². The molecule has 4 aromatic rings. The summed E-state index contributed by atoms with van der Waals surface area (Å²) in [5.74, 6) is 1.24. The number of carbonyl (C=O) groups is 1. The van der Waals surface area contributed by atoms with Gasteiger partial charge in [-0.2, -0.15) is 10.4 Å². The van der Waals surface area contributed by atoms with E-state index in [0.717, 1.165) is 48.1 Å². The van der Waals surface area contributed by atoms with Crippen LogP contribution < -0.4 is 10.6 Å². The number of hydrogen-bond acceptors (Lipinski definition) is 9. The number of nitriles is 1. The van der Waals surface area contributed by atoms with Crippen molar-refractivity contribution in [2.24, 2.45) is 18.9 Å². The molecular weight excluding hydrogens is 600 g/mol. The van der Waals surface area contributed by atoms with E-state index in [0.29, 0.717) is 49.1 Å². The molecule has 1 fully saturated rings. The van der Waals surface area contributed by atoms with Gasteiger partial charge in [-0.05, 0) is 55.6 Å². The molecule has 240 valence electrons. The van der Waals surface area contributed by atoms with E-state index in [9.17, 15) is 18.5 Å². The predicted octanol–water partition coefficient (Wildman–Crippen LogP) is 4.44. The highest BCUT2D eigenvalue weighted by atomic mass is 32.2. The molecule has 5 rings (SSSR count). The third kappa shape index (κ3) is 8.97. The molecule has 12 heteroatoms. The Morgan fingerprint density at radius 1 is 1.04 bits per heavy atom. The number of sulfone groups is 1. The molecule has 46 heavy (non-hydrogen) atoms. The van der Waals surface area contributed by atoms with Crippen LogP contribution in [0.15, 0.2) is 67.3 Å². The van der Waals surface area contributed by atoms with Crippen molar-refractivity contribution in [2.75, 3.05) is 23.9 Å². The number of nitrogens with zero attached hydrogens (tertiary/aromatic N) is 6. The van der Waals surface area contributed by atoms with Crippen LogP contribution in [-0.4, -0.2) is 57.6 Å². The first-order valence-electron chi connectivity index (χ1n) is 15.6. The van der Waals surface area contributed by atoms with Crippen molar-refractivity contribution in [2.45, 2.75) is 51.0 Å². The molecule has 1 atom stereocenters. The summed E-state index contributed by atoms with van der Waals surface area (Å²) in [4.78, 5) is 27.6. The lowest BCUT2D eigenvalue weighted by Gasteiger charge is -2.33. The summed E-state index contributed by atoms with van der Waals surface area (Å²) >= 11 is 0. The molecular formula is C34H40N8O3S. The van der Waals surface area contributed by atoms with Crippen LogP contribution in [0.25, 0.3) is 11.1 Å². The van der Waals surface area contributed by atoms with Crippen molar-refractivity contribution in [3.8, 4) is 17.2 Å². The zero-order valence-corrected chi connectivity index (χ0v) is 27.1. The van der Waals surface area contributed by atoms with Crippen molar-refractivity contribution in [3.05, 3.63) is 89.9 Å². The van der Waals surface area contributed by atoms with E-state index < -0.39 is 9.84 Å². The molecule has 0 radical (unpaired) electrons. The lowest BCUT2D eigenvalue weighted by atomic mass is 9.73. The minimum absolute atomic E-state index is 0.0176. The Bertz CT molecular complexity index is 1760. The van der Waals surface area contributed by atoms with Crippen LogP contribution >= 0.6 is 0 Å². The summed E-state index contributed by atoms with van der Waals surface area (Å²) in [5, 5.41) is 20.0. The zero-order chi connectivity index (χ0) is 32.5. The van der Waals surface area contributed by atoms with Crippen LogP contribution in [0.3, 0.4) is 0 Å². The molecule has 1 aliphatic rings. The van der Waals surface area contributed by atoms with E-state index in [1.165, 1.54) is 12.5 Å². The third-order valence-corrected chi connectivity index (χ3v) is 9.54. The van der Waals surface area contributed by atoms with Gasteiger partial charge >= 0.3 is 0 Å². The minimum atomic E-state index is -3.05. The second kappa shape index (κ2) is 15.1. The Morgan fingerprint density at radius 3 is 2.48 bits per heavy atom. The van der Waals surface area contributed by atoms with Crippen LogP contribution in [0.1, 0.15) is 60.7 Å². The van der Waals surface area contributed by atoms with E-state index in [1.54, 1.807) is 10.9 Å². The van der Waals surface area contributed by atoms with Gasteiger partial charge in [-0.25, -0.2) is 18.4 Å². The van der Waals surface area contributed by atoms with Crippen LogP contribution in [0.5, 0.6) is 0 Å². The predicted molar refractivity (Wildman–Crippen MR) is 176 cm³/mol. The fourth-order valence-corrected chi connectivity index (χ4v) is 6.74. The lowest BCUT2D eigenvalue weighted by Crippen LogP contribution is -2.35. The van der Waals surface area contributed by atoms with Gasteiger partial charge in [0.2, 0.25) is 5.91 Å². The van der Waals surface area contributed by atoms with Gasteiger partial charge in [0.15, 0.2) is 0 Å². The van der Waals surface area contributed by atoms with Gasteiger partial charge < -0.3 is 10.6 Å². The highest BCUT2D eigenvalue weighted by molar-refractivity contribution is 7.90. The molecule has 11 nitrogen and oxygen atoms in total. The van der Waals surface area contributed by atoms with Gasteiger partial charge in [0, 0.05) is 56.3 Å². The molecule has 1 aromatic carbocycles. The lowest BCUT2D eigenvalue weighted by molar-refractivity contribution is -0.124. The molecule has 1 unspecified atom stereocenters. The number of pyridine rings is 1. The third-order valence-electron chi connectivity index (χ3n) is 8.51. The summed E-state index contributed by atoms with van der Waals surface area (Å²) in [6.45, 7) is 0.855. The first-order chi connectivity index (χ1) is 22.2. The number of aryl methyl sites for hydroxylation is 1. The molecule has 2 N–H and O–H groups in total. The topological polar surface area (TPSA) is 156 Å². The zero-order valence-electron chi connectivity index (χ0n) is 26.3. The molecule has 0 bridgehead atoms. The maximum absolute atomic E-state index is 13.8. The highest BCUT2D eigenvalue weighted by Crippen LogP contribution is 2.39. The normalized spacial score (nSPS) is 17.2. The molecule has 0 spiro atoms. The number of hydrogen-bond donors (Lipinski definition) is 2. The van der Waals surface area contributed by atoms with Gasteiger partial charge in [-0.1, -0.05) is 36.4 Å².